The van der Waals surface area contributed by atoms with Gasteiger partial charge >= 0.3 is 5.97 Å². The van der Waals surface area contributed by atoms with Gasteiger partial charge in [0.05, 0.1) is 28.9 Å². The number of esters is 1. The molecule has 3 aromatic rings. The number of amides is 1. The van der Waals surface area contributed by atoms with Gasteiger partial charge in [0.15, 0.2) is 0 Å². The summed E-state index contributed by atoms with van der Waals surface area (Å²) < 4.78 is 11.9. The summed E-state index contributed by atoms with van der Waals surface area (Å²) >= 11 is 12.4. The number of nitrogens with zero attached hydrogens (tertiary/aromatic N) is 1. The number of benzene rings is 2. The molecule has 4 rings (SSSR count). The van der Waals surface area contributed by atoms with Crippen molar-refractivity contribution in [3.05, 3.63) is 75.5 Å². The third-order valence-electron chi connectivity index (χ3n) is 4.80. The van der Waals surface area contributed by atoms with E-state index in [0.29, 0.717) is 28.2 Å². The molecule has 0 spiro atoms. The Labute approximate surface area is 187 Å². The van der Waals surface area contributed by atoms with Crippen LogP contribution in [0.15, 0.2) is 54.4 Å². The lowest BCUT2D eigenvalue weighted by atomic mass is 10.1. The van der Waals surface area contributed by atoms with Crippen molar-refractivity contribution in [2.24, 2.45) is 0 Å². The quantitative estimate of drug-likeness (QED) is 0.345. The zero-order valence-corrected chi connectivity index (χ0v) is 17.8. The summed E-state index contributed by atoms with van der Waals surface area (Å²) in [6.45, 7) is 0.327. The average molecular weight is 459 g/mol. The van der Waals surface area contributed by atoms with E-state index >= 15 is 0 Å². The lowest BCUT2D eigenvalue weighted by molar-refractivity contribution is -0.135. The Morgan fingerprint density at radius 1 is 1.19 bits per heavy atom. The molecule has 2 heterocycles. The second-order valence-electron chi connectivity index (χ2n) is 6.86. The predicted molar refractivity (Wildman–Crippen MR) is 116 cm³/mol. The van der Waals surface area contributed by atoms with Crippen molar-refractivity contribution >= 4 is 51.8 Å². The second kappa shape index (κ2) is 8.45. The van der Waals surface area contributed by atoms with Crippen molar-refractivity contribution in [1.82, 2.24) is 9.88 Å². The smallest absolute Gasteiger partial charge is 0.333 e. The van der Waals surface area contributed by atoms with Crippen LogP contribution in [0.4, 0.5) is 0 Å². The minimum atomic E-state index is -0.887. The SMILES string of the molecule is COc1cc(Cl)c2c(C(=O)C(=O)NC3=CC(=O)OC3)cn(Cc3ccc(Cl)cc3)c2c1. The van der Waals surface area contributed by atoms with Crippen molar-refractivity contribution in [2.75, 3.05) is 13.7 Å². The third-order valence-corrected chi connectivity index (χ3v) is 5.35. The van der Waals surface area contributed by atoms with E-state index in [-0.39, 0.29) is 22.9 Å². The topological polar surface area (TPSA) is 86.6 Å². The highest BCUT2D eigenvalue weighted by Gasteiger charge is 2.26. The molecule has 158 valence electrons. The molecule has 9 heteroatoms. The first-order chi connectivity index (χ1) is 14.9. The number of fused-ring (bicyclic) bond motifs is 1. The highest BCUT2D eigenvalue weighted by atomic mass is 35.5. The van der Waals surface area contributed by atoms with Gasteiger partial charge in [0.2, 0.25) is 0 Å². The van der Waals surface area contributed by atoms with Gasteiger partial charge < -0.3 is 19.4 Å². The Morgan fingerprint density at radius 2 is 1.94 bits per heavy atom. The summed E-state index contributed by atoms with van der Waals surface area (Å²) in [7, 11) is 1.52. The Balaban J connectivity index is 1.74. The average Bonchev–Trinajstić information content (AvgIpc) is 3.32. The largest absolute Gasteiger partial charge is 0.497 e. The number of ketones is 1. The van der Waals surface area contributed by atoms with Crippen LogP contribution in [0.1, 0.15) is 15.9 Å². The van der Waals surface area contributed by atoms with Gasteiger partial charge in [-0.3, -0.25) is 9.59 Å². The van der Waals surface area contributed by atoms with Crippen molar-refractivity contribution < 1.29 is 23.9 Å². The molecule has 2 aromatic carbocycles. The molecule has 0 saturated carbocycles. The maximum absolute atomic E-state index is 13.0. The highest BCUT2D eigenvalue weighted by Crippen LogP contribution is 2.34. The van der Waals surface area contributed by atoms with E-state index in [2.05, 4.69) is 5.32 Å². The second-order valence-corrected chi connectivity index (χ2v) is 7.70. The van der Waals surface area contributed by atoms with Crippen LogP contribution in [-0.4, -0.2) is 35.9 Å². The Morgan fingerprint density at radius 3 is 2.58 bits per heavy atom. The molecule has 1 aliphatic heterocycles. The van der Waals surface area contributed by atoms with Crippen LogP contribution in [0.5, 0.6) is 5.75 Å². The van der Waals surface area contributed by atoms with Crippen LogP contribution in [0.2, 0.25) is 10.0 Å². The number of methoxy groups -OCH3 is 1. The van der Waals surface area contributed by atoms with Crippen LogP contribution >= 0.6 is 23.2 Å². The number of aromatic nitrogens is 1. The van der Waals surface area contributed by atoms with Gasteiger partial charge in [-0.15, -0.1) is 0 Å². The van der Waals surface area contributed by atoms with Crippen LogP contribution in [0, 0.1) is 0 Å². The maximum atomic E-state index is 13.0. The Kier molecular flexibility index (Phi) is 5.71. The van der Waals surface area contributed by atoms with Crippen LogP contribution in [-0.2, 0) is 20.9 Å². The molecule has 0 aliphatic carbocycles. The molecule has 0 radical (unpaired) electrons. The molecule has 1 aliphatic rings. The lowest BCUT2D eigenvalue weighted by Gasteiger charge is -2.08. The zero-order valence-electron chi connectivity index (χ0n) is 16.3. The minimum absolute atomic E-state index is 0.0892. The number of nitrogens with one attached hydrogen (secondary N) is 1. The number of halogens is 2. The summed E-state index contributed by atoms with van der Waals surface area (Å²) in [5, 5.41) is 3.74. The molecule has 0 fully saturated rings. The lowest BCUT2D eigenvalue weighted by Crippen LogP contribution is -2.31. The summed E-state index contributed by atoms with van der Waals surface area (Å²) in [4.78, 5) is 36.7. The first-order valence-electron chi connectivity index (χ1n) is 9.19. The van der Waals surface area contributed by atoms with Gasteiger partial charge in [0.25, 0.3) is 11.7 Å². The molecule has 1 N–H and O–H groups in total. The zero-order chi connectivity index (χ0) is 22.1. The van der Waals surface area contributed by atoms with E-state index < -0.39 is 17.7 Å². The summed E-state index contributed by atoms with van der Waals surface area (Å²) in [6.07, 6.45) is 2.71. The number of cyclic esters (lactones) is 1. The van der Waals surface area contributed by atoms with E-state index in [0.717, 1.165) is 11.6 Å². The molecule has 0 bridgehead atoms. The number of hydrogen-bond acceptors (Lipinski definition) is 5. The molecule has 0 atom stereocenters. The van der Waals surface area contributed by atoms with E-state index in [1.807, 2.05) is 16.7 Å². The van der Waals surface area contributed by atoms with Crippen molar-refractivity contribution in [3.63, 3.8) is 0 Å². The fourth-order valence-electron chi connectivity index (χ4n) is 3.33. The summed E-state index contributed by atoms with van der Waals surface area (Å²) in [5.41, 5.74) is 1.94. The first kappa shape index (κ1) is 21.0. The van der Waals surface area contributed by atoms with Crippen molar-refractivity contribution in [3.8, 4) is 5.75 Å². The fraction of sp³-hybridized carbons (Fsp3) is 0.136. The van der Waals surface area contributed by atoms with Crippen molar-refractivity contribution in [1.29, 1.82) is 0 Å². The van der Waals surface area contributed by atoms with Gasteiger partial charge in [0, 0.05) is 35.3 Å². The van der Waals surface area contributed by atoms with Crippen LogP contribution < -0.4 is 10.1 Å². The maximum Gasteiger partial charge on any atom is 0.333 e. The molecule has 7 nitrogen and oxygen atoms in total. The normalized spacial score (nSPS) is 13.1. The van der Waals surface area contributed by atoms with E-state index in [1.165, 1.54) is 7.11 Å². The molecular weight excluding hydrogens is 443 g/mol. The molecule has 1 amide bonds. The van der Waals surface area contributed by atoms with Crippen LogP contribution in [0.3, 0.4) is 0 Å². The highest BCUT2D eigenvalue weighted by molar-refractivity contribution is 6.47. The van der Waals surface area contributed by atoms with Crippen LogP contribution in [0.25, 0.3) is 10.9 Å². The number of carbonyl (C=O) groups is 3. The molecule has 0 unspecified atom stereocenters. The van der Waals surface area contributed by atoms with Gasteiger partial charge in [-0.25, -0.2) is 4.79 Å². The van der Waals surface area contributed by atoms with Gasteiger partial charge in [-0.2, -0.15) is 0 Å². The van der Waals surface area contributed by atoms with E-state index in [9.17, 15) is 14.4 Å². The number of ether oxygens (including phenoxy) is 2. The summed E-state index contributed by atoms with van der Waals surface area (Å²) in [5.74, 6) is -1.73. The third kappa shape index (κ3) is 4.28. The number of rotatable bonds is 6. The summed E-state index contributed by atoms with van der Waals surface area (Å²) in [6, 6.07) is 10.6. The molecular formula is C22H16Cl2N2O5. The first-order valence-corrected chi connectivity index (χ1v) is 9.95. The fourth-order valence-corrected chi connectivity index (χ4v) is 3.76. The van der Waals surface area contributed by atoms with E-state index in [4.69, 9.17) is 32.7 Å². The van der Waals surface area contributed by atoms with Gasteiger partial charge in [0.1, 0.15) is 12.4 Å². The van der Waals surface area contributed by atoms with E-state index in [1.54, 1.807) is 30.5 Å². The van der Waals surface area contributed by atoms with Crippen molar-refractivity contribution in [2.45, 2.75) is 6.54 Å². The minimum Gasteiger partial charge on any atom is -0.497 e. The van der Waals surface area contributed by atoms with Gasteiger partial charge in [-0.1, -0.05) is 35.3 Å². The predicted octanol–water partition coefficient (Wildman–Crippen LogP) is 3.74. The standard InChI is InChI=1S/C22H16Cl2N2O5/c1-30-15-7-17(24)20-16(21(28)22(29)25-14-6-19(27)31-11-14)10-26(18(20)8-15)9-12-2-4-13(23)5-3-12/h2-8,10H,9,11H2,1H3,(H,25,29). The number of carbonyl (C=O) groups excluding carboxylic acids is 3. The molecule has 0 saturated heterocycles. The number of Topliss-reactive ketones (excluding diaryl/α,β-unsaturated/α-hetero) is 1. The monoisotopic (exact) mass is 458 g/mol. The Bertz CT molecular complexity index is 1250. The Hall–Kier alpha value is -3.29. The molecule has 31 heavy (non-hydrogen) atoms. The number of hydrogen-bond donors (Lipinski definition) is 1. The molecule has 1 aromatic heterocycles. The van der Waals surface area contributed by atoms with Gasteiger partial charge in [-0.05, 0) is 23.8 Å².